The molecule has 0 saturated heterocycles. The summed E-state index contributed by atoms with van der Waals surface area (Å²) in [5.41, 5.74) is 1.54. The Bertz CT molecular complexity index is 954. The molecule has 6 nitrogen and oxygen atoms in total. The number of carbonyl (C=O) groups excluding carboxylic acids is 1. The van der Waals surface area contributed by atoms with Crippen LogP contribution in [0.4, 0.5) is 6.01 Å². The fourth-order valence-electron chi connectivity index (χ4n) is 2.74. The van der Waals surface area contributed by atoms with Crippen LogP contribution in [-0.4, -0.2) is 28.0 Å². The summed E-state index contributed by atoms with van der Waals surface area (Å²) >= 11 is 1.82. The monoisotopic (exact) mass is 425 g/mol. The fourth-order valence-corrected chi connectivity index (χ4v) is 3.58. The molecule has 1 aromatic heterocycles. The van der Waals surface area contributed by atoms with Gasteiger partial charge in [0, 0.05) is 15.7 Å². The van der Waals surface area contributed by atoms with E-state index in [9.17, 15) is 4.79 Å². The van der Waals surface area contributed by atoms with E-state index in [0.29, 0.717) is 35.5 Å². The number of ether oxygens (including phenoxy) is 1. The van der Waals surface area contributed by atoms with Crippen LogP contribution in [0.15, 0.2) is 57.8 Å². The standard InChI is InChI=1S/C23H27N3O3S/c1-4-5-13-28-19-8-6-7-18(15-19)22(27)24-23-26-25-21(29-23)14-17-9-11-20(12-10-17)30-16(2)3/h6-12,15-16H,4-5,13-14H2,1-3H3,(H,24,26,27). The quantitative estimate of drug-likeness (QED) is 0.337. The molecule has 7 heteroatoms. The number of aromatic nitrogens is 2. The minimum Gasteiger partial charge on any atom is -0.494 e. The zero-order chi connectivity index (χ0) is 21.3. The molecule has 0 unspecified atom stereocenters. The summed E-state index contributed by atoms with van der Waals surface area (Å²) in [7, 11) is 0. The normalized spacial score (nSPS) is 10.9. The van der Waals surface area contributed by atoms with Gasteiger partial charge in [-0.1, -0.05) is 50.5 Å². The molecule has 1 amide bonds. The zero-order valence-electron chi connectivity index (χ0n) is 17.6. The number of hydrogen-bond acceptors (Lipinski definition) is 6. The Morgan fingerprint density at radius 1 is 1.17 bits per heavy atom. The second-order valence-corrected chi connectivity index (χ2v) is 8.82. The van der Waals surface area contributed by atoms with Crippen molar-refractivity contribution in [3.8, 4) is 5.75 Å². The molecule has 0 saturated carbocycles. The third kappa shape index (κ3) is 6.62. The number of nitrogens with zero attached hydrogens (tertiary/aromatic N) is 2. The SMILES string of the molecule is CCCCOc1cccc(C(=O)Nc2nnc(Cc3ccc(SC(C)C)cc3)o2)c1. The van der Waals surface area contributed by atoms with Gasteiger partial charge in [0.05, 0.1) is 13.0 Å². The van der Waals surface area contributed by atoms with Crippen LogP contribution in [0.25, 0.3) is 0 Å². The Balaban J connectivity index is 1.57. The first-order valence-corrected chi connectivity index (χ1v) is 11.0. The molecule has 0 radical (unpaired) electrons. The Hall–Kier alpha value is -2.80. The van der Waals surface area contributed by atoms with E-state index in [1.807, 2.05) is 17.8 Å². The van der Waals surface area contributed by atoms with Gasteiger partial charge >= 0.3 is 6.01 Å². The van der Waals surface area contributed by atoms with Crippen molar-refractivity contribution in [2.24, 2.45) is 0 Å². The van der Waals surface area contributed by atoms with Gasteiger partial charge in [0.2, 0.25) is 5.89 Å². The molecule has 3 rings (SSSR count). The van der Waals surface area contributed by atoms with Crippen LogP contribution in [0.5, 0.6) is 5.75 Å². The largest absolute Gasteiger partial charge is 0.494 e. The van der Waals surface area contributed by atoms with E-state index in [4.69, 9.17) is 9.15 Å². The van der Waals surface area contributed by atoms with Gasteiger partial charge in [-0.2, -0.15) is 0 Å². The Kier molecular flexibility index (Phi) is 7.90. The lowest BCUT2D eigenvalue weighted by Crippen LogP contribution is -2.12. The lowest BCUT2D eigenvalue weighted by molar-refractivity contribution is 0.102. The number of amides is 1. The first-order valence-electron chi connectivity index (χ1n) is 10.2. The second-order valence-electron chi connectivity index (χ2n) is 7.17. The summed E-state index contributed by atoms with van der Waals surface area (Å²) in [6, 6.07) is 15.4. The minimum atomic E-state index is -0.318. The van der Waals surface area contributed by atoms with Gasteiger partial charge in [-0.05, 0) is 42.3 Å². The van der Waals surface area contributed by atoms with Crippen LogP contribution in [0.2, 0.25) is 0 Å². The summed E-state index contributed by atoms with van der Waals surface area (Å²) < 4.78 is 11.2. The van der Waals surface area contributed by atoms with Crippen molar-refractivity contribution in [3.05, 3.63) is 65.5 Å². The summed E-state index contributed by atoms with van der Waals surface area (Å²) in [5.74, 6) is 0.800. The molecule has 0 aliphatic heterocycles. The van der Waals surface area contributed by atoms with E-state index >= 15 is 0 Å². The van der Waals surface area contributed by atoms with Crippen LogP contribution in [0.1, 0.15) is 55.4 Å². The van der Waals surface area contributed by atoms with E-state index in [0.717, 1.165) is 18.4 Å². The molecule has 3 aromatic rings. The molecule has 1 heterocycles. The van der Waals surface area contributed by atoms with Crippen molar-refractivity contribution >= 4 is 23.7 Å². The molecular formula is C23H27N3O3S. The van der Waals surface area contributed by atoms with Gasteiger partial charge in [0.1, 0.15) is 5.75 Å². The maximum Gasteiger partial charge on any atom is 0.322 e. The van der Waals surface area contributed by atoms with Crippen LogP contribution < -0.4 is 10.1 Å². The molecule has 0 atom stereocenters. The summed E-state index contributed by atoms with van der Waals surface area (Å²) in [4.78, 5) is 13.7. The summed E-state index contributed by atoms with van der Waals surface area (Å²) in [5, 5.41) is 11.2. The highest BCUT2D eigenvalue weighted by atomic mass is 32.2. The van der Waals surface area contributed by atoms with Crippen LogP contribution in [0, 0.1) is 0 Å². The van der Waals surface area contributed by atoms with Gasteiger partial charge in [-0.3, -0.25) is 10.1 Å². The third-order valence-electron chi connectivity index (χ3n) is 4.20. The predicted molar refractivity (Wildman–Crippen MR) is 119 cm³/mol. The van der Waals surface area contributed by atoms with Gasteiger partial charge < -0.3 is 9.15 Å². The first kappa shape index (κ1) is 21.9. The molecule has 158 valence electrons. The van der Waals surface area contributed by atoms with Crippen LogP contribution in [0.3, 0.4) is 0 Å². The highest BCUT2D eigenvalue weighted by Crippen LogP contribution is 2.23. The van der Waals surface area contributed by atoms with Gasteiger partial charge in [0.25, 0.3) is 5.91 Å². The van der Waals surface area contributed by atoms with E-state index in [1.54, 1.807) is 18.2 Å². The van der Waals surface area contributed by atoms with Crippen LogP contribution in [-0.2, 0) is 6.42 Å². The Morgan fingerprint density at radius 2 is 1.97 bits per heavy atom. The van der Waals surface area contributed by atoms with E-state index < -0.39 is 0 Å². The lowest BCUT2D eigenvalue weighted by atomic mass is 10.1. The number of rotatable bonds is 10. The number of benzene rings is 2. The molecule has 0 fully saturated rings. The summed E-state index contributed by atoms with van der Waals surface area (Å²) in [6.45, 7) is 7.07. The average Bonchev–Trinajstić information content (AvgIpc) is 3.16. The van der Waals surface area contributed by atoms with Crippen molar-refractivity contribution < 1.29 is 13.9 Å². The number of anilines is 1. The van der Waals surface area contributed by atoms with Crippen molar-refractivity contribution in [1.29, 1.82) is 0 Å². The molecular weight excluding hydrogens is 398 g/mol. The predicted octanol–water partition coefficient (Wildman–Crippen LogP) is 5.59. The topological polar surface area (TPSA) is 77.2 Å². The molecule has 30 heavy (non-hydrogen) atoms. The third-order valence-corrected chi connectivity index (χ3v) is 5.22. The number of hydrogen-bond donors (Lipinski definition) is 1. The second kappa shape index (κ2) is 10.8. The molecule has 0 aliphatic rings. The maximum absolute atomic E-state index is 12.5. The smallest absolute Gasteiger partial charge is 0.322 e. The van der Waals surface area contributed by atoms with Crippen molar-refractivity contribution in [3.63, 3.8) is 0 Å². The van der Waals surface area contributed by atoms with E-state index in [2.05, 4.69) is 60.6 Å². The molecule has 0 spiro atoms. The molecule has 2 aromatic carbocycles. The Morgan fingerprint density at radius 3 is 2.70 bits per heavy atom. The summed E-state index contributed by atoms with van der Waals surface area (Å²) in [6.07, 6.45) is 2.54. The number of unbranched alkanes of at least 4 members (excludes halogenated alkanes) is 1. The van der Waals surface area contributed by atoms with Crippen LogP contribution >= 0.6 is 11.8 Å². The number of nitrogens with one attached hydrogen (secondary N) is 1. The first-order chi connectivity index (χ1) is 14.5. The van der Waals surface area contributed by atoms with Crippen molar-refractivity contribution in [2.45, 2.75) is 50.2 Å². The maximum atomic E-state index is 12.5. The van der Waals surface area contributed by atoms with E-state index in [-0.39, 0.29) is 11.9 Å². The fraction of sp³-hybridized carbons (Fsp3) is 0.348. The molecule has 0 bridgehead atoms. The molecule has 0 aliphatic carbocycles. The van der Waals surface area contributed by atoms with E-state index in [1.165, 1.54) is 4.90 Å². The zero-order valence-corrected chi connectivity index (χ0v) is 18.4. The number of carbonyl (C=O) groups is 1. The van der Waals surface area contributed by atoms with Gasteiger partial charge in [-0.15, -0.1) is 16.9 Å². The average molecular weight is 426 g/mol. The van der Waals surface area contributed by atoms with Crippen molar-refractivity contribution in [1.82, 2.24) is 10.2 Å². The number of thioether (sulfide) groups is 1. The molecule has 1 N–H and O–H groups in total. The van der Waals surface area contributed by atoms with Crippen molar-refractivity contribution in [2.75, 3.05) is 11.9 Å². The Labute approximate surface area is 181 Å². The van der Waals surface area contributed by atoms with Gasteiger partial charge in [-0.25, -0.2) is 0 Å². The minimum absolute atomic E-state index is 0.0827. The highest BCUT2D eigenvalue weighted by Gasteiger charge is 2.13. The van der Waals surface area contributed by atoms with Gasteiger partial charge in [0.15, 0.2) is 0 Å². The highest BCUT2D eigenvalue weighted by molar-refractivity contribution is 7.99. The lowest BCUT2D eigenvalue weighted by Gasteiger charge is -2.07.